The molecule has 1 heterocycles. The largest absolute Gasteiger partial charge is 0.496 e. The third-order valence-electron chi connectivity index (χ3n) is 3.76. The fraction of sp³-hybridized carbons (Fsp3) is 0.143. The number of hydrogen-bond acceptors (Lipinski definition) is 4. The van der Waals surface area contributed by atoms with E-state index < -0.39 is 0 Å². The summed E-state index contributed by atoms with van der Waals surface area (Å²) in [6.07, 6.45) is 1.74. The molecular weight excluding hydrogens is 364 g/mol. The third kappa shape index (κ3) is 4.90. The van der Waals surface area contributed by atoms with Crippen LogP contribution in [0.5, 0.6) is 11.5 Å². The predicted octanol–water partition coefficient (Wildman–Crippen LogP) is 3.71. The van der Waals surface area contributed by atoms with Crippen LogP contribution in [-0.2, 0) is 0 Å². The van der Waals surface area contributed by atoms with E-state index in [1.54, 1.807) is 24.4 Å². The maximum atomic E-state index is 12.2. The molecule has 0 aliphatic rings. The van der Waals surface area contributed by atoms with Crippen LogP contribution in [0.25, 0.3) is 10.9 Å². The fourth-order valence-corrected chi connectivity index (χ4v) is 2.62. The minimum Gasteiger partial charge on any atom is -0.496 e. The van der Waals surface area contributed by atoms with Gasteiger partial charge in [0.25, 0.3) is 5.91 Å². The monoisotopic (exact) mass is 380 g/mol. The molecule has 27 heavy (non-hydrogen) atoms. The van der Waals surface area contributed by atoms with Crippen molar-refractivity contribution in [3.63, 3.8) is 0 Å². The van der Waals surface area contributed by atoms with Crippen molar-refractivity contribution in [2.75, 3.05) is 20.3 Å². The van der Waals surface area contributed by atoms with Gasteiger partial charge in [0.05, 0.1) is 24.7 Å². The van der Waals surface area contributed by atoms with Gasteiger partial charge in [-0.15, -0.1) is 0 Å². The molecule has 0 unspecified atom stereocenters. The molecule has 6 heteroatoms. The van der Waals surface area contributed by atoms with Crippen LogP contribution < -0.4 is 14.8 Å². The molecule has 0 spiro atoms. The molecule has 0 saturated carbocycles. The van der Waals surface area contributed by atoms with Crippen molar-refractivity contribution in [2.24, 2.45) is 0 Å². The van der Waals surface area contributed by atoms with Crippen LogP contribution >= 0.6 is 11.6 Å². The highest BCUT2D eigenvalue weighted by Crippen LogP contribution is 2.22. The van der Waals surface area contributed by atoms with Crippen LogP contribution in [0.2, 0.25) is 5.02 Å². The molecular formula is C21H17ClN2O3. The number of aromatic nitrogens is 1. The molecule has 0 fully saturated rings. The van der Waals surface area contributed by atoms with Crippen molar-refractivity contribution in [2.45, 2.75) is 0 Å². The number of amides is 1. The minimum atomic E-state index is -0.301. The van der Waals surface area contributed by atoms with E-state index in [9.17, 15) is 4.79 Å². The summed E-state index contributed by atoms with van der Waals surface area (Å²) in [4.78, 5) is 16.5. The van der Waals surface area contributed by atoms with E-state index in [1.807, 2.05) is 30.3 Å². The second-order valence-electron chi connectivity index (χ2n) is 5.53. The molecule has 0 atom stereocenters. The van der Waals surface area contributed by atoms with Crippen LogP contribution in [0, 0.1) is 11.8 Å². The van der Waals surface area contributed by atoms with Crippen molar-refractivity contribution >= 4 is 28.4 Å². The zero-order valence-corrected chi connectivity index (χ0v) is 15.4. The van der Waals surface area contributed by atoms with Crippen molar-refractivity contribution in [3.05, 3.63) is 65.3 Å². The molecule has 2 aromatic carbocycles. The van der Waals surface area contributed by atoms with Crippen molar-refractivity contribution in [1.29, 1.82) is 0 Å². The number of nitrogens with zero attached hydrogens (tertiary/aromatic N) is 1. The number of ether oxygens (including phenoxy) is 2. The number of carbonyl (C=O) groups is 1. The summed E-state index contributed by atoms with van der Waals surface area (Å²) in [6.45, 7) is 0.409. The van der Waals surface area contributed by atoms with Crippen LogP contribution in [-0.4, -0.2) is 31.2 Å². The second kappa shape index (κ2) is 8.93. The first kappa shape index (κ1) is 18.6. The van der Waals surface area contributed by atoms with E-state index >= 15 is 0 Å². The van der Waals surface area contributed by atoms with Crippen LogP contribution in [0.1, 0.15) is 10.4 Å². The molecule has 5 nitrogen and oxygen atoms in total. The lowest BCUT2D eigenvalue weighted by molar-refractivity contribution is 0.0955. The predicted molar refractivity (Wildman–Crippen MR) is 105 cm³/mol. The topological polar surface area (TPSA) is 60.5 Å². The number of pyridine rings is 1. The Morgan fingerprint density at radius 2 is 2.07 bits per heavy atom. The zero-order valence-electron chi connectivity index (χ0n) is 14.7. The summed E-state index contributed by atoms with van der Waals surface area (Å²) in [5.74, 6) is 6.57. The zero-order chi connectivity index (χ0) is 19.1. The smallest absolute Gasteiger partial charge is 0.255 e. The highest BCUT2D eigenvalue weighted by molar-refractivity contribution is 6.31. The summed E-state index contributed by atoms with van der Waals surface area (Å²) < 4.78 is 10.8. The summed E-state index contributed by atoms with van der Waals surface area (Å²) >= 11 is 5.93. The molecule has 0 aliphatic carbocycles. The van der Waals surface area contributed by atoms with Gasteiger partial charge in [0.15, 0.2) is 0 Å². The fourth-order valence-electron chi connectivity index (χ4n) is 2.45. The molecule has 0 radical (unpaired) electrons. The molecule has 3 aromatic rings. The average Bonchev–Trinajstić information content (AvgIpc) is 2.70. The number of halogens is 1. The molecule has 0 saturated heterocycles. The molecule has 3 rings (SSSR count). The summed E-state index contributed by atoms with van der Waals surface area (Å²) in [6, 6.07) is 14.4. The highest BCUT2D eigenvalue weighted by Gasteiger charge is 2.11. The van der Waals surface area contributed by atoms with Gasteiger partial charge in [0, 0.05) is 22.7 Å². The molecule has 0 bridgehead atoms. The van der Waals surface area contributed by atoms with Crippen molar-refractivity contribution < 1.29 is 14.3 Å². The van der Waals surface area contributed by atoms with E-state index in [1.165, 1.54) is 7.11 Å². The van der Waals surface area contributed by atoms with E-state index in [0.717, 1.165) is 10.9 Å². The Balaban J connectivity index is 1.50. The first-order valence-electron chi connectivity index (χ1n) is 8.22. The summed E-state index contributed by atoms with van der Waals surface area (Å²) in [7, 11) is 1.50. The van der Waals surface area contributed by atoms with E-state index in [2.05, 4.69) is 22.1 Å². The van der Waals surface area contributed by atoms with E-state index in [-0.39, 0.29) is 19.1 Å². The Morgan fingerprint density at radius 3 is 2.93 bits per heavy atom. The third-order valence-corrected chi connectivity index (χ3v) is 3.99. The molecule has 1 amide bonds. The number of hydrogen-bond donors (Lipinski definition) is 1. The molecule has 136 valence electrons. The van der Waals surface area contributed by atoms with Gasteiger partial charge in [-0.2, -0.15) is 0 Å². The van der Waals surface area contributed by atoms with Gasteiger partial charge in [-0.25, -0.2) is 0 Å². The number of rotatable bonds is 5. The standard InChI is InChI=1S/C21H17ClN2O3/c1-26-20-9-7-16(22)13-18(20)21(25)24-10-2-3-12-27-17-8-6-15-5-4-11-23-19(15)14-17/h4-9,11,13-14H,10,12H2,1H3,(H,24,25). The van der Waals surface area contributed by atoms with Gasteiger partial charge >= 0.3 is 0 Å². The quantitative estimate of drug-likeness (QED) is 0.685. The van der Waals surface area contributed by atoms with Crippen molar-refractivity contribution in [3.8, 4) is 23.3 Å². The first-order valence-corrected chi connectivity index (χ1v) is 8.60. The van der Waals surface area contributed by atoms with Crippen LogP contribution in [0.3, 0.4) is 0 Å². The lowest BCUT2D eigenvalue weighted by Crippen LogP contribution is -2.24. The van der Waals surface area contributed by atoms with Gasteiger partial charge in [-0.3, -0.25) is 9.78 Å². The van der Waals surface area contributed by atoms with E-state index in [0.29, 0.717) is 22.1 Å². The van der Waals surface area contributed by atoms with E-state index in [4.69, 9.17) is 21.1 Å². The Hall–Kier alpha value is -3.23. The SMILES string of the molecule is COc1ccc(Cl)cc1C(=O)NCC#CCOc1ccc2cccnc2c1. The summed E-state index contributed by atoms with van der Waals surface area (Å²) in [5, 5.41) is 4.22. The number of methoxy groups -OCH3 is 1. The van der Waals surface area contributed by atoms with Gasteiger partial charge in [0.1, 0.15) is 18.1 Å². The summed E-state index contributed by atoms with van der Waals surface area (Å²) in [5.41, 5.74) is 1.23. The minimum absolute atomic E-state index is 0.192. The van der Waals surface area contributed by atoms with Gasteiger partial charge < -0.3 is 14.8 Å². The number of fused-ring (bicyclic) bond motifs is 1. The Kier molecular flexibility index (Phi) is 6.14. The normalized spacial score (nSPS) is 10.0. The number of nitrogens with one attached hydrogen (secondary N) is 1. The maximum absolute atomic E-state index is 12.2. The molecule has 1 N–H and O–H groups in total. The first-order chi connectivity index (χ1) is 13.2. The van der Waals surface area contributed by atoms with Gasteiger partial charge in [0.2, 0.25) is 0 Å². The Labute approximate surface area is 162 Å². The molecule has 0 aliphatic heterocycles. The average molecular weight is 381 g/mol. The van der Waals surface area contributed by atoms with Gasteiger partial charge in [-0.1, -0.05) is 29.5 Å². The lowest BCUT2D eigenvalue weighted by atomic mass is 10.2. The van der Waals surface area contributed by atoms with Crippen LogP contribution in [0.15, 0.2) is 54.7 Å². The van der Waals surface area contributed by atoms with Crippen LogP contribution in [0.4, 0.5) is 0 Å². The van der Waals surface area contributed by atoms with Gasteiger partial charge in [-0.05, 0) is 36.4 Å². The number of carbonyl (C=O) groups excluding carboxylic acids is 1. The highest BCUT2D eigenvalue weighted by atomic mass is 35.5. The Bertz CT molecular complexity index is 1020. The lowest BCUT2D eigenvalue weighted by Gasteiger charge is -2.08. The second-order valence-corrected chi connectivity index (χ2v) is 5.96. The Morgan fingerprint density at radius 1 is 1.19 bits per heavy atom. The number of benzene rings is 2. The van der Waals surface area contributed by atoms with Crippen molar-refractivity contribution in [1.82, 2.24) is 10.3 Å². The molecule has 1 aromatic heterocycles. The maximum Gasteiger partial charge on any atom is 0.255 e.